The second-order valence-electron chi connectivity index (χ2n) is 6.27. The van der Waals surface area contributed by atoms with E-state index >= 15 is 0 Å². The van der Waals surface area contributed by atoms with Gasteiger partial charge in [-0.05, 0) is 30.9 Å². The summed E-state index contributed by atoms with van der Waals surface area (Å²) >= 11 is 1.81. The number of hydrogen-bond donors (Lipinski definition) is 0. The van der Waals surface area contributed by atoms with Gasteiger partial charge in [-0.3, -0.25) is 4.79 Å². The molecule has 1 saturated heterocycles. The molecule has 1 amide bonds. The van der Waals surface area contributed by atoms with E-state index in [0.717, 1.165) is 31.4 Å². The molecular formula is C17H22N2OS. The number of fused-ring (bicyclic) bond motifs is 1. The summed E-state index contributed by atoms with van der Waals surface area (Å²) in [6.07, 6.45) is 2.76. The number of likely N-dealkylation sites (tertiary alicyclic amines) is 1. The lowest BCUT2D eigenvalue weighted by molar-refractivity contribution is -0.133. The maximum Gasteiger partial charge on any atom is 0.222 e. The zero-order chi connectivity index (χ0) is 14.8. The van der Waals surface area contributed by atoms with E-state index in [4.69, 9.17) is 4.98 Å². The highest BCUT2D eigenvalue weighted by Gasteiger charge is 2.25. The number of rotatable bonds is 3. The Morgan fingerprint density at radius 1 is 1.33 bits per heavy atom. The van der Waals surface area contributed by atoms with Crippen molar-refractivity contribution in [2.75, 3.05) is 13.1 Å². The van der Waals surface area contributed by atoms with E-state index in [-0.39, 0.29) is 0 Å². The molecule has 0 saturated carbocycles. The van der Waals surface area contributed by atoms with E-state index in [0.29, 0.717) is 24.2 Å². The second kappa shape index (κ2) is 6.14. The van der Waals surface area contributed by atoms with E-state index in [1.807, 2.05) is 22.3 Å². The van der Waals surface area contributed by atoms with E-state index in [9.17, 15) is 4.79 Å². The number of carbonyl (C=O) groups excluding carboxylic acids is 1. The van der Waals surface area contributed by atoms with Gasteiger partial charge in [0.1, 0.15) is 0 Å². The van der Waals surface area contributed by atoms with E-state index in [1.165, 1.54) is 9.71 Å². The van der Waals surface area contributed by atoms with Crippen LogP contribution in [0, 0.1) is 5.92 Å². The van der Waals surface area contributed by atoms with Gasteiger partial charge in [0.2, 0.25) is 5.91 Å². The first-order valence-corrected chi connectivity index (χ1v) is 8.58. The number of thiazole rings is 1. The zero-order valence-electron chi connectivity index (χ0n) is 12.7. The summed E-state index contributed by atoms with van der Waals surface area (Å²) < 4.78 is 1.27. The predicted octanol–water partition coefficient (Wildman–Crippen LogP) is 4.05. The van der Waals surface area contributed by atoms with Crippen LogP contribution in [-0.2, 0) is 4.79 Å². The summed E-state index contributed by atoms with van der Waals surface area (Å²) in [6, 6.07) is 8.32. The molecule has 0 bridgehead atoms. The number of nitrogens with zero attached hydrogens (tertiary/aromatic N) is 2. The van der Waals surface area contributed by atoms with Gasteiger partial charge in [-0.15, -0.1) is 11.3 Å². The Morgan fingerprint density at radius 3 is 2.71 bits per heavy atom. The minimum absolute atomic E-state index is 0.313. The van der Waals surface area contributed by atoms with Crippen molar-refractivity contribution >= 4 is 27.5 Å². The summed E-state index contributed by atoms with van der Waals surface area (Å²) in [7, 11) is 0. The van der Waals surface area contributed by atoms with Crippen LogP contribution in [0.3, 0.4) is 0 Å². The smallest absolute Gasteiger partial charge is 0.222 e. The van der Waals surface area contributed by atoms with Gasteiger partial charge in [0.05, 0.1) is 15.2 Å². The third kappa shape index (κ3) is 3.26. The highest BCUT2D eigenvalue weighted by molar-refractivity contribution is 7.18. The van der Waals surface area contributed by atoms with Crippen molar-refractivity contribution in [3.8, 4) is 0 Å². The standard InChI is InChI=1S/C17H22N2OS/c1-12(2)11-16(20)19-9-7-13(8-10-19)17-18-14-5-3-4-6-15(14)21-17/h3-6,12-13H,7-11H2,1-2H3. The maximum absolute atomic E-state index is 12.1. The molecular weight excluding hydrogens is 280 g/mol. The minimum atomic E-state index is 0.313. The van der Waals surface area contributed by atoms with Crippen LogP contribution in [0.15, 0.2) is 24.3 Å². The molecule has 0 radical (unpaired) electrons. The van der Waals surface area contributed by atoms with Gasteiger partial charge in [0, 0.05) is 25.4 Å². The molecule has 3 nitrogen and oxygen atoms in total. The monoisotopic (exact) mass is 302 g/mol. The minimum Gasteiger partial charge on any atom is -0.343 e. The molecule has 21 heavy (non-hydrogen) atoms. The molecule has 1 aromatic carbocycles. The maximum atomic E-state index is 12.1. The van der Waals surface area contributed by atoms with Crippen LogP contribution in [0.1, 0.15) is 44.0 Å². The highest BCUT2D eigenvalue weighted by atomic mass is 32.1. The predicted molar refractivity (Wildman–Crippen MR) is 87.6 cm³/mol. The number of hydrogen-bond acceptors (Lipinski definition) is 3. The molecule has 1 fully saturated rings. The van der Waals surface area contributed by atoms with Gasteiger partial charge in [-0.1, -0.05) is 26.0 Å². The van der Waals surface area contributed by atoms with Crippen LogP contribution in [0.4, 0.5) is 0 Å². The van der Waals surface area contributed by atoms with Crippen molar-refractivity contribution < 1.29 is 4.79 Å². The summed E-state index contributed by atoms with van der Waals surface area (Å²) in [5, 5.41) is 1.24. The Morgan fingerprint density at radius 2 is 2.05 bits per heavy atom. The van der Waals surface area contributed by atoms with Crippen molar-refractivity contribution in [2.45, 2.75) is 39.0 Å². The molecule has 112 valence electrons. The molecule has 0 N–H and O–H groups in total. The van der Waals surface area contributed by atoms with E-state index in [1.54, 1.807) is 0 Å². The van der Waals surface area contributed by atoms with Crippen molar-refractivity contribution in [1.29, 1.82) is 0 Å². The number of carbonyl (C=O) groups is 1. The lowest BCUT2D eigenvalue weighted by Crippen LogP contribution is -2.38. The third-order valence-corrected chi connectivity index (χ3v) is 5.29. The van der Waals surface area contributed by atoms with Gasteiger partial charge < -0.3 is 4.90 Å². The van der Waals surface area contributed by atoms with Gasteiger partial charge in [-0.2, -0.15) is 0 Å². The SMILES string of the molecule is CC(C)CC(=O)N1CCC(c2nc3ccccc3s2)CC1. The zero-order valence-corrected chi connectivity index (χ0v) is 13.5. The molecule has 4 heteroatoms. The normalized spacial score (nSPS) is 16.8. The molecule has 0 aliphatic carbocycles. The highest BCUT2D eigenvalue weighted by Crippen LogP contribution is 2.33. The molecule has 1 aliphatic heterocycles. The number of amides is 1. The molecule has 0 spiro atoms. The van der Waals surface area contributed by atoms with Gasteiger partial charge in [0.15, 0.2) is 0 Å². The Bertz CT molecular complexity index is 594. The van der Waals surface area contributed by atoms with Gasteiger partial charge in [0.25, 0.3) is 0 Å². The fourth-order valence-corrected chi connectivity index (χ4v) is 4.06. The van der Waals surface area contributed by atoms with E-state index in [2.05, 4.69) is 32.0 Å². The third-order valence-electron chi connectivity index (χ3n) is 4.09. The Hall–Kier alpha value is -1.42. The quantitative estimate of drug-likeness (QED) is 0.857. The lowest BCUT2D eigenvalue weighted by Gasteiger charge is -2.31. The number of benzene rings is 1. The largest absolute Gasteiger partial charge is 0.343 e. The summed E-state index contributed by atoms with van der Waals surface area (Å²) in [6.45, 7) is 5.97. The fourth-order valence-electron chi connectivity index (χ4n) is 2.92. The van der Waals surface area contributed by atoms with Crippen molar-refractivity contribution in [3.05, 3.63) is 29.3 Å². The summed E-state index contributed by atoms with van der Waals surface area (Å²) in [5.74, 6) is 1.28. The Kier molecular flexibility index (Phi) is 4.24. The molecule has 2 aromatic rings. The molecule has 0 atom stereocenters. The first-order chi connectivity index (χ1) is 10.1. The molecule has 0 unspecified atom stereocenters. The average molecular weight is 302 g/mol. The summed E-state index contributed by atoms with van der Waals surface area (Å²) in [4.78, 5) is 18.9. The van der Waals surface area contributed by atoms with Crippen LogP contribution in [0.2, 0.25) is 0 Å². The Balaban J connectivity index is 1.64. The van der Waals surface area contributed by atoms with Crippen LogP contribution < -0.4 is 0 Å². The van der Waals surface area contributed by atoms with Crippen molar-refractivity contribution in [2.24, 2.45) is 5.92 Å². The average Bonchev–Trinajstić information content (AvgIpc) is 2.90. The van der Waals surface area contributed by atoms with Crippen LogP contribution in [-0.4, -0.2) is 28.9 Å². The Labute approximate surface area is 130 Å². The van der Waals surface area contributed by atoms with Crippen molar-refractivity contribution in [1.82, 2.24) is 9.88 Å². The van der Waals surface area contributed by atoms with Gasteiger partial charge >= 0.3 is 0 Å². The second-order valence-corrected chi connectivity index (χ2v) is 7.34. The topological polar surface area (TPSA) is 33.2 Å². The summed E-state index contributed by atoms with van der Waals surface area (Å²) in [5.41, 5.74) is 1.11. The van der Waals surface area contributed by atoms with Crippen LogP contribution >= 0.6 is 11.3 Å². The first-order valence-electron chi connectivity index (χ1n) is 7.76. The number of para-hydroxylation sites is 1. The first kappa shape index (κ1) is 14.5. The van der Waals surface area contributed by atoms with Crippen LogP contribution in [0.5, 0.6) is 0 Å². The number of aromatic nitrogens is 1. The van der Waals surface area contributed by atoms with Crippen LogP contribution in [0.25, 0.3) is 10.2 Å². The molecule has 1 aromatic heterocycles. The van der Waals surface area contributed by atoms with Gasteiger partial charge in [-0.25, -0.2) is 4.98 Å². The van der Waals surface area contributed by atoms with Crippen molar-refractivity contribution in [3.63, 3.8) is 0 Å². The number of piperidine rings is 1. The van der Waals surface area contributed by atoms with E-state index < -0.39 is 0 Å². The molecule has 3 rings (SSSR count). The molecule has 2 heterocycles. The lowest BCUT2D eigenvalue weighted by atomic mass is 9.97. The fraction of sp³-hybridized carbons (Fsp3) is 0.529. The molecule has 1 aliphatic rings.